The smallest absolute Gasteiger partial charge is 0.231 e. The van der Waals surface area contributed by atoms with Crippen molar-refractivity contribution in [2.75, 3.05) is 6.79 Å². The molecule has 0 saturated carbocycles. The molecule has 3 heterocycles. The summed E-state index contributed by atoms with van der Waals surface area (Å²) in [6.07, 6.45) is 1.91. The van der Waals surface area contributed by atoms with Gasteiger partial charge in [-0.1, -0.05) is 0 Å². The first kappa shape index (κ1) is 14.9. The summed E-state index contributed by atoms with van der Waals surface area (Å²) in [7, 11) is 0. The van der Waals surface area contributed by atoms with Crippen LogP contribution in [0.4, 0.5) is 0 Å². The second-order valence-corrected chi connectivity index (χ2v) is 7.05. The fourth-order valence-electron chi connectivity index (χ4n) is 2.39. The lowest BCUT2D eigenvalue weighted by molar-refractivity contribution is 0.174. The minimum Gasteiger partial charge on any atom is -0.454 e. The molecule has 0 bridgehead atoms. The van der Waals surface area contributed by atoms with E-state index in [4.69, 9.17) is 9.47 Å². The molecule has 0 fully saturated rings. The highest BCUT2D eigenvalue weighted by Crippen LogP contribution is 2.36. The van der Waals surface area contributed by atoms with E-state index in [1.165, 1.54) is 16.9 Å². The number of hydrogen-bond acceptors (Lipinski definition) is 6. The van der Waals surface area contributed by atoms with Crippen molar-refractivity contribution in [3.63, 3.8) is 0 Å². The number of thiazole rings is 1. The number of allylic oxidation sites excluding steroid dienone is 1. The Morgan fingerprint density at radius 3 is 2.92 bits per heavy atom. The van der Waals surface area contributed by atoms with Crippen LogP contribution in [-0.2, 0) is 0 Å². The van der Waals surface area contributed by atoms with Crippen molar-refractivity contribution in [2.45, 2.75) is 6.92 Å². The van der Waals surface area contributed by atoms with Gasteiger partial charge in [-0.2, -0.15) is 5.26 Å². The maximum atomic E-state index is 9.49. The summed E-state index contributed by atoms with van der Waals surface area (Å²) >= 11 is 3.09. The van der Waals surface area contributed by atoms with Crippen molar-refractivity contribution in [2.24, 2.45) is 0 Å². The number of thiophene rings is 1. The Balaban J connectivity index is 1.68. The molecule has 24 heavy (non-hydrogen) atoms. The average molecular weight is 352 g/mol. The van der Waals surface area contributed by atoms with E-state index in [1.807, 2.05) is 48.0 Å². The molecule has 0 spiro atoms. The summed E-state index contributed by atoms with van der Waals surface area (Å²) in [6.45, 7) is 2.29. The Labute approximate surface area is 147 Å². The van der Waals surface area contributed by atoms with Crippen LogP contribution in [0.5, 0.6) is 11.5 Å². The van der Waals surface area contributed by atoms with Crippen molar-refractivity contribution in [1.29, 1.82) is 5.26 Å². The molecule has 6 heteroatoms. The maximum absolute atomic E-state index is 9.49. The predicted octanol–water partition coefficient (Wildman–Crippen LogP) is 4.97. The van der Waals surface area contributed by atoms with Crippen LogP contribution < -0.4 is 9.47 Å². The fraction of sp³-hybridized carbons (Fsp3) is 0.111. The van der Waals surface area contributed by atoms with Crippen LogP contribution in [0, 0.1) is 18.3 Å². The second-order valence-electron chi connectivity index (χ2n) is 5.24. The molecule has 0 unspecified atom stereocenters. The van der Waals surface area contributed by atoms with Crippen molar-refractivity contribution in [3.05, 3.63) is 50.5 Å². The molecule has 1 aromatic carbocycles. The number of hydrogen-bond donors (Lipinski definition) is 0. The van der Waals surface area contributed by atoms with Gasteiger partial charge in [0.1, 0.15) is 11.1 Å². The van der Waals surface area contributed by atoms with Gasteiger partial charge in [-0.15, -0.1) is 22.7 Å². The molecule has 118 valence electrons. The van der Waals surface area contributed by atoms with Crippen LogP contribution in [0.1, 0.15) is 15.4 Å². The molecule has 2 aromatic heterocycles. The third-order valence-electron chi connectivity index (χ3n) is 3.70. The van der Waals surface area contributed by atoms with Gasteiger partial charge < -0.3 is 9.47 Å². The first-order valence-corrected chi connectivity index (χ1v) is 9.02. The van der Waals surface area contributed by atoms with Crippen LogP contribution in [0.3, 0.4) is 0 Å². The second kappa shape index (κ2) is 6.11. The summed E-state index contributed by atoms with van der Waals surface area (Å²) in [5.74, 6) is 1.48. The molecule has 0 atom stereocenters. The van der Waals surface area contributed by atoms with Crippen LogP contribution >= 0.6 is 22.7 Å². The van der Waals surface area contributed by atoms with Gasteiger partial charge in [-0.05, 0) is 48.2 Å². The maximum Gasteiger partial charge on any atom is 0.231 e. The molecular weight excluding hydrogens is 340 g/mol. The van der Waals surface area contributed by atoms with Crippen LogP contribution in [0.15, 0.2) is 35.0 Å². The Kier molecular flexibility index (Phi) is 3.81. The van der Waals surface area contributed by atoms with Gasteiger partial charge in [-0.3, -0.25) is 0 Å². The lowest BCUT2D eigenvalue weighted by atomic mass is 10.1. The zero-order chi connectivity index (χ0) is 16.5. The van der Waals surface area contributed by atoms with E-state index in [2.05, 4.69) is 11.1 Å². The summed E-state index contributed by atoms with van der Waals surface area (Å²) in [5.41, 5.74) is 3.53. The number of nitrogens with zero attached hydrogens (tertiary/aromatic N) is 2. The average Bonchev–Trinajstić information content (AvgIpc) is 3.33. The van der Waals surface area contributed by atoms with E-state index >= 15 is 0 Å². The molecule has 1 aliphatic rings. The van der Waals surface area contributed by atoms with E-state index in [-0.39, 0.29) is 6.79 Å². The zero-order valence-corrected chi connectivity index (χ0v) is 14.4. The molecule has 0 amide bonds. The number of aryl methyl sites for hydroxylation is 1. The Morgan fingerprint density at radius 2 is 2.12 bits per heavy atom. The van der Waals surface area contributed by atoms with Gasteiger partial charge in [0.05, 0.1) is 11.3 Å². The Hall–Kier alpha value is -2.62. The van der Waals surface area contributed by atoms with Crippen molar-refractivity contribution in [1.82, 2.24) is 4.98 Å². The highest BCUT2D eigenvalue weighted by molar-refractivity contribution is 7.12. The lowest BCUT2D eigenvalue weighted by Crippen LogP contribution is -1.92. The molecule has 3 aromatic rings. The van der Waals surface area contributed by atoms with Gasteiger partial charge in [0.15, 0.2) is 11.5 Å². The molecular formula is C18H12N2O2S2. The van der Waals surface area contributed by atoms with Gasteiger partial charge >= 0.3 is 0 Å². The van der Waals surface area contributed by atoms with E-state index < -0.39 is 0 Å². The minimum absolute atomic E-state index is 0.253. The number of rotatable bonds is 3. The van der Waals surface area contributed by atoms with E-state index in [9.17, 15) is 5.26 Å². The third-order valence-corrected chi connectivity index (χ3v) is 5.54. The molecule has 0 saturated heterocycles. The van der Waals surface area contributed by atoms with Gasteiger partial charge in [0.25, 0.3) is 0 Å². The van der Waals surface area contributed by atoms with Crippen LogP contribution in [0.2, 0.25) is 0 Å². The standard InChI is InChI=1S/C18H12N2O2S2/c1-11-4-5-23-17(11)7-13(8-19)18-20-14(9-24-18)12-2-3-15-16(6-12)22-10-21-15/h2-7,9H,10H2,1H3/b13-7+. The third kappa shape index (κ3) is 2.68. The summed E-state index contributed by atoms with van der Waals surface area (Å²) in [5, 5.41) is 14.2. The molecule has 0 N–H and O–H groups in total. The van der Waals surface area contributed by atoms with Crippen molar-refractivity contribution >= 4 is 34.3 Å². The molecule has 1 aliphatic heterocycles. The monoisotopic (exact) mass is 352 g/mol. The van der Waals surface area contributed by atoms with E-state index in [0.29, 0.717) is 5.57 Å². The number of ether oxygens (including phenoxy) is 2. The van der Waals surface area contributed by atoms with Crippen LogP contribution in [-0.4, -0.2) is 11.8 Å². The van der Waals surface area contributed by atoms with E-state index in [1.54, 1.807) is 11.3 Å². The fourth-order valence-corrected chi connectivity index (χ4v) is 4.04. The topological polar surface area (TPSA) is 55.1 Å². The lowest BCUT2D eigenvalue weighted by Gasteiger charge is -1.99. The predicted molar refractivity (Wildman–Crippen MR) is 96.2 cm³/mol. The summed E-state index contributed by atoms with van der Waals surface area (Å²) in [4.78, 5) is 5.71. The minimum atomic E-state index is 0.253. The molecule has 0 radical (unpaired) electrons. The first-order valence-electron chi connectivity index (χ1n) is 7.26. The number of benzene rings is 1. The Bertz CT molecular complexity index is 979. The van der Waals surface area contributed by atoms with Gasteiger partial charge in [-0.25, -0.2) is 4.98 Å². The largest absolute Gasteiger partial charge is 0.454 e. The number of fused-ring (bicyclic) bond motifs is 1. The van der Waals surface area contributed by atoms with Gasteiger partial charge in [0, 0.05) is 15.8 Å². The SMILES string of the molecule is Cc1ccsc1/C=C(\C#N)c1nc(-c2ccc3c(c2)OCO3)cs1. The van der Waals surface area contributed by atoms with Gasteiger partial charge in [0.2, 0.25) is 6.79 Å². The molecule has 4 nitrogen and oxygen atoms in total. The van der Waals surface area contributed by atoms with Crippen LogP contribution in [0.25, 0.3) is 22.9 Å². The zero-order valence-electron chi connectivity index (χ0n) is 12.8. The van der Waals surface area contributed by atoms with Crippen molar-refractivity contribution < 1.29 is 9.47 Å². The molecule has 0 aliphatic carbocycles. The summed E-state index contributed by atoms with van der Waals surface area (Å²) < 4.78 is 10.7. The quantitative estimate of drug-likeness (QED) is 0.624. The number of aromatic nitrogens is 1. The Morgan fingerprint density at radius 1 is 1.25 bits per heavy atom. The number of nitriles is 1. The van der Waals surface area contributed by atoms with E-state index in [0.717, 1.165) is 32.6 Å². The molecule has 4 rings (SSSR count). The highest BCUT2D eigenvalue weighted by Gasteiger charge is 2.16. The van der Waals surface area contributed by atoms with Crippen molar-refractivity contribution in [3.8, 4) is 28.8 Å². The highest BCUT2D eigenvalue weighted by atomic mass is 32.1. The first-order chi connectivity index (χ1) is 11.7. The summed E-state index contributed by atoms with van der Waals surface area (Å²) in [6, 6.07) is 10.1. The normalized spacial score (nSPS) is 13.1.